The molecular formula is C27H34N8O2. The van der Waals surface area contributed by atoms with Gasteiger partial charge in [0.2, 0.25) is 5.91 Å². The SMILES string of the molecule is NC(N)=NCCCC1C(=O)Nc2ccc(NC3CC3)cc2-c2nc3cc(N4CCC(O)CC4)ccc3n21. The number of aliphatic hydroxyl groups is 1. The molecule has 1 saturated heterocycles. The number of aromatic nitrogens is 2. The predicted molar refractivity (Wildman–Crippen MR) is 147 cm³/mol. The van der Waals surface area contributed by atoms with Crippen molar-refractivity contribution in [1.82, 2.24) is 9.55 Å². The fourth-order valence-electron chi connectivity index (χ4n) is 5.39. The molecule has 3 heterocycles. The highest BCUT2D eigenvalue weighted by molar-refractivity contribution is 6.02. The van der Waals surface area contributed by atoms with Gasteiger partial charge >= 0.3 is 0 Å². The van der Waals surface area contributed by atoms with Gasteiger partial charge in [0.25, 0.3) is 0 Å². The number of benzene rings is 2. The van der Waals surface area contributed by atoms with Gasteiger partial charge in [0, 0.05) is 42.6 Å². The Morgan fingerprint density at radius 3 is 2.70 bits per heavy atom. The zero-order chi connectivity index (χ0) is 25.5. The van der Waals surface area contributed by atoms with Gasteiger partial charge in [-0.2, -0.15) is 0 Å². The molecule has 1 aromatic heterocycles. The number of guanidine groups is 1. The lowest BCUT2D eigenvalue weighted by Crippen LogP contribution is -2.35. The first-order valence-electron chi connectivity index (χ1n) is 13.2. The lowest BCUT2D eigenvalue weighted by atomic mass is 10.1. The van der Waals surface area contributed by atoms with Crippen molar-refractivity contribution in [3.05, 3.63) is 36.4 Å². The average Bonchev–Trinajstić information content (AvgIpc) is 3.64. The van der Waals surface area contributed by atoms with E-state index in [0.29, 0.717) is 25.4 Å². The summed E-state index contributed by atoms with van der Waals surface area (Å²) >= 11 is 0. The summed E-state index contributed by atoms with van der Waals surface area (Å²) in [6, 6.07) is 12.4. The number of rotatable bonds is 7. The first-order chi connectivity index (χ1) is 18.0. The van der Waals surface area contributed by atoms with Crippen LogP contribution in [0, 0.1) is 0 Å². The molecular weight excluding hydrogens is 468 g/mol. The Kier molecular flexibility index (Phi) is 6.11. The van der Waals surface area contributed by atoms with Crippen molar-refractivity contribution in [2.45, 2.75) is 56.7 Å². The molecule has 6 rings (SSSR count). The molecule has 2 aliphatic heterocycles. The summed E-state index contributed by atoms with van der Waals surface area (Å²) in [4.78, 5) is 25.0. The maximum absolute atomic E-state index is 13.5. The smallest absolute Gasteiger partial charge is 0.247 e. The Hall–Kier alpha value is -3.79. The number of anilines is 3. The molecule has 0 bridgehead atoms. The first kappa shape index (κ1) is 23.6. The Balaban J connectivity index is 1.42. The number of hydrogen-bond acceptors (Lipinski definition) is 6. The minimum Gasteiger partial charge on any atom is -0.393 e. The van der Waals surface area contributed by atoms with Crippen LogP contribution in [0.15, 0.2) is 41.4 Å². The molecule has 1 atom stereocenters. The van der Waals surface area contributed by atoms with Gasteiger partial charge in [-0.25, -0.2) is 4.98 Å². The third-order valence-corrected chi connectivity index (χ3v) is 7.51. The van der Waals surface area contributed by atoms with Gasteiger partial charge in [0.05, 0.1) is 22.8 Å². The van der Waals surface area contributed by atoms with Gasteiger partial charge in [0.1, 0.15) is 11.9 Å². The van der Waals surface area contributed by atoms with Gasteiger partial charge < -0.3 is 36.7 Å². The number of aliphatic imine (C=N–C) groups is 1. The van der Waals surface area contributed by atoms with E-state index in [1.807, 2.05) is 12.1 Å². The molecule has 3 aliphatic rings. The molecule has 7 N–H and O–H groups in total. The maximum Gasteiger partial charge on any atom is 0.247 e. The topological polar surface area (TPSA) is 147 Å². The fourth-order valence-corrected chi connectivity index (χ4v) is 5.39. The highest BCUT2D eigenvalue weighted by atomic mass is 16.3. The number of amides is 1. The quantitative estimate of drug-likeness (QED) is 0.190. The van der Waals surface area contributed by atoms with E-state index in [1.54, 1.807) is 0 Å². The first-order valence-corrected chi connectivity index (χ1v) is 13.2. The van der Waals surface area contributed by atoms with E-state index in [2.05, 4.69) is 49.4 Å². The molecule has 0 spiro atoms. The number of carbonyl (C=O) groups is 1. The summed E-state index contributed by atoms with van der Waals surface area (Å²) in [5.74, 6) is 0.766. The summed E-state index contributed by atoms with van der Waals surface area (Å²) in [6.45, 7) is 2.09. The van der Waals surface area contributed by atoms with E-state index < -0.39 is 6.04 Å². The van der Waals surface area contributed by atoms with E-state index in [9.17, 15) is 9.90 Å². The number of fused-ring (bicyclic) bond motifs is 5. The van der Waals surface area contributed by atoms with Crippen LogP contribution in [0.25, 0.3) is 22.4 Å². The minimum atomic E-state index is -0.447. The molecule has 1 unspecified atom stereocenters. The van der Waals surface area contributed by atoms with Crippen molar-refractivity contribution in [3.8, 4) is 11.4 Å². The highest BCUT2D eigenvalue weighted by Gasteiger charge is 2.32. The van der Waals surface area contributed by atoms with Crippen LogP contribution < -0.4 is 27.0 Å². The molecule has 2 fully saturated rings. The Morgan fingerprint density at radius 1 is 1.14 bits per heavy atom. The maximum atomic E-state index is 13.5. The lowest BCUT2D eigenvalue weighted by molar-refractivity contribution is -0.119. The van der Waals surface area contributed by atoms with Crippen LogP contribution in [0.3, 0.4) is 0 Å². The second-order valence-corrected chi connectivity index (χ2v) is 10.3. The number of nitrogens with two attached hydrogens (primary N) is 2. The molecule has 2 aromatic carbocycles. The number of nitrogens with one attached hydrogen (secondary N) is 2. The number of piperidine rings is 1. The van der Waals surface area contributed by atoms with Crippen molar-refractivity contribution < 1.29 is 9.90 Å². The predicted octanol–water partition coefficient (Wildman–Crippen LogP) is 2.79. The summed E-state index contributed by atoms with van der Waals surface area (Å²) < 4.78 is 2.08. The zero-order valence-electron chi connectivity index (χ0n) is 20.9. The van der Waals surface area contributed by atoms with Crippen LogP contribution in [-0.2, 0) is 4.79 Å². The molecule has 10 nitrogen and oxygen atoms in total. The van der Waals surface area contributed by atoms with Gasteiger partial charge in [-0.15, -0.1) is 0 Å². The van der Waals surface area contributed by atoms with Gasteiger partial charge in [-0.3, -0.25) is 9.79 Å². The molecule has 0 radical (unpaired) electrons. The molecule has 10 heteroatoms. The Bertz CT molecular complexity index is 1350. The monoisotopic (exact) mass is 502 g/mol. The standard InChI is InChI=1S/C27H34N8O2/c28-27(29)30-11-1-2-24-26(37)33-21-7-5-17(31-16-3-4-16)14-20(21)25-32-22-15-18(6-8-23(22)35(24)25)34-12-9-19(36)10-13-34/h5-8,14-16,19,24,31,36H,1-4,9-13H2,(H,33,37)(H4,28,29,30). The molecule has 3 aromatic rings. The minimum absolute atomic E-state index is 0.0555. The van der Waals surface area contributed by atoms with E-state index in [4.69, 9.17) is 16.5 Å². The van der Waals surface area contributed by atoms with E-state index in [0.717, 1.165) is 65.4 Å². The van der Waals surface area contributed by atoms with Crippen LogP contribution in [0.2, 0.25) is 0 Å². The highest BCUT2D eigenvalue weighted by Crippen LogP contribution is 2.40. The fraction of sp³-hybridized carbons (Fsp3) is 0.444. The molecule has 37 heavy (non-hydrogen) atoms. The van der Waals surface area contributed by atoms with E-state index in [1.165, 1.54) is 12.8 Å². The second-order valence-electron chi connectivity index (χ2n) is 10.3. The summed E-state index contributed by atoms with van der Waals surface area (Å²) in [7, 11) is 0. The number of nitrogens with zero attached hydrogens (tertiary/aromatic N) is 4. The normalized spacial score (nSPS) is 19.6. The average molecular weight is 503 g/mol. The molecule has 1 saturated carbocycles. The van der Waals surface area contributed by atoms with Crippen molar-refractivity contribution in [2.75, 3.05) is 35.2 Å². The van der Waals surface area contributed by atoms with Crippen LogP contribution >= 0.6 is 0 Å². The molecule has 1 amide bonds. The lowest BCUT2D eigenvalue weighted by Gasteiger charge is -2.31. The third-order valence-electron chi connectivity index (χ3n) is 7.51. The summed E-state index contributed by atoms with van der Waals surface area (Å²) in [6.07, 6.45) is 4.90. The number of aliphatic hydroxyl groups excluding tert-OH is 1. The zero-order valence-corrected chi connectivity index (χ0v) is 20.9. The van der Waals surface area contributed by atoms with Gasteiger partial charge in [-0.1, -0.05) is 0 Å². The summed E-state index contributed by atoms with van der Waals surface area (Å²) in [5.41, 5.74) is 16.6. The second kappa shape index (κ2) is 9.59. The molecule has 1 aliphatic carbocycles. The van der Waals surface area contributed by atoms with Crippen molar-refractivity contribution >= 4 is 40.0 Å². The van der Waals surface area contributed by atoms with Crippen LogP contribution in [-0.4, -0.2) is 58.3 Å². The Labute approximate surface area is 215 Å². The van der Waals surface area contributed by atoms with E-state index in [-0.39, 0.29) is 18.0 Å². The number of carbonyl (C=O) groups excluding carboxylic acids is 1. The van der Waals surface area contributed by atoms with Crippen LogP contribution in [0.5, 0.6) is 0 Å². The van der Waals surface area contributed by atoms with E-state index >= 15 is 0 Å². The van der Waals surface area contributed by atoms with Crippen molar-refractivity contribution in [2.24, 2.45) is 16.5 Å². The van der Waals surface area contributed by atoms with Crippen LogP contribution in [0.1, 0.15) is 44.6 Å². The number of hydrogen-bond donors (Lipinski definition) is 5. The Morgan fingerprint density at radius 2 is 1.95 bits per heavy atom. The van der Waals surface area contributed by atoms with Crippen LogP contribution in [0.4, 0.5) is 17.1 Å². The largest absolute Gasteiger partial charge is 0.393 e. The summed E-state index contributed by atoms with van der Waals surface area (Å²) in [5, 5.41) is 16.6. The van der Waals surface area contributed by atoms with Gasteiger partial charge in [0.15, 0.2) is 5.96 Å². The van der Waals surface area contributed by atoms with Crippen molar-refractivity contribution in [3.63, 3.8) is 0 Å². The van der Waals surface area contributed by atoms with Gasteiger partial charge in [-0.05, 0) is 74.9 Å². The molecule has 194 valence electrons. The van der Waals surface area contributed by atoms with Crippen molar-refractivity contribution in [1.29, 1.82) is 0 Å². The number of imidazole rings is 1. The third kappa shape index (κ3) is 4.81.